The minimum absolute atomic E-state index is 0.0253. The van der Waals surface area contributed by atoms with Gasteiger partial charge in [0.25, 0.3) is 5.91 Å². The lowest BCUT2D eigenvalue weighted by molar-refractivity contribution is -0.129. The second kappa shape index (κ2) is 8.91. The molecule has 2 N–H and O–H groups in total. The molecule has 0 saturated heterocycles. The zero-order valence-corrected chi connectivity index (χ0v) is 20.2. The number of ketones is 1. The van der Waals surface area contributed by atoms with Gasteiger partial charge in [-0.3, -0.25) is 19.5 Å². The molecule has 2 unspecified atom stereocenters. The Balaban J connectivity index is 1.96. The average Bonchev–Trinajstić information content (AvgIpc) is 3.34. The molecule has 0 aliphatic carbocycles. The van der Waals surface area contributed by atoms with Gasteiger partial charge in [-0.2, -0.15) is 0 Å². The van der Waals surface area contributed by atoms with E-state index in [1.54, 1.807) is 19.3 Å². The maximum Gasteiger partial charge on any atom is 0.266 e. The first-order valence-electron chi connectivity index (χ1n) is 11.0. The molecule has 0 saturated carbocycles. The summed E-state index contributed by atoms with van der Waals surface area (Å²) in [5.41, 5.74) is 9.37. The van der Waals surface area contributed by atoms with Crippen LogP contribution in [0, 0.1) is 0 Å². The number of guanidine groups is 1. The monoisotopic (exact) mass is 461 g/mol. The molecule has 0 bridgehead atoms. The molecule has 0 radical (unpaired) electrons. The summed E-state index contributed by atoms with van der Waals surface area (Å²) >= 11 is 0. The largest absolute Gasteiger partial charge is 0.369 e. The number of carbonyl (C=O) groups is 2. The Kier molecular flexibility index (Phi) is 6.17. The van der Waals surface area contributed by atoms with E-state index in [1.165, 1.54) is 4.90 Å². The van der Waals surface area contributed by atoms with Crippen molar-refractivity contribution in [3.05, 3.63) is 71.7 Å². The fourth-order valence-corrected chi connectivity index (χ4v) is 4.66. The molecule has 1 aliphatic rings. The van der Waals surface area contributed by atoms with Gasteiger partial charge in [-0.25, -0.2) is 4.99 Å². The Hall–Kier alpha value is -3.31. The van der Waals surface area contributed by atoms with E-state index in [0.717, 1.165) is 23.0 Å². The predicted octanol–water partition coefficient (Wildman–Crippen LogP) is 3.08. The highest BCUT2D eigenvalue weighted by molar-refractivity contribution is 7.27. The normalized spacial score (nSPS) is 18.0. The number of hydrogen-bond donors (Lipinski definition) is 1. The van der Waals surface area contributed by atoms with Gasteiger partial charge < -0.3 is 10.3 Å². The number of benzene rings is 1. The van der Waals surface area contributed by atoms with Crippen LogP contribution in [0.3, 0.4) is 0 Å². The Morgan fingerprint density at radius 3 is 2.58 bits per heavy atom. The summed E-state index contributed by atoms with van der Waals surface area (Å²) in [5.74, 6) is -0.0823. The van der Waals surface area contributed by atoms with Crippen molar-refractivity contribution in [2.75, 3.05) is 7.05 Å². The van der Waals surface area contributed by atoms with Crippen molar-refractivity contribution in [3.8, 4) is 11.1 Å². The van der Waals surface area contributed by atoms with E-state index >= 15 is 0 Å². The van der Waals surface area contributed by atoms with Crippen molar-refractivity contribution >= 4 is 32.3 Å². The van der Waals surface area contributed by atoms with Crippen molar-refractivity contribution in [1.82, 2.24) is 14.5 Å². The molecule has 8 heteroatoms. The van der Waals surface area contributed by atoms with E-state index in [4.69, 9.17) is 10.7 Å². The smallest absolute Gasteiger partial charge is 0.266 e. The third kappa shape index (κ3) is 3.76. The molecule has 33 heavy (non-hydrogen) atoms. The van der Waals surface area contributed by atoms with E-state index in [-0.39, 0.29) is 17.6 Å². The van der Waals surface area contributed by atoms with Crippen molar-refractivity contribution in [2.24, 2.45) is 10.7 Å². The van der Waals surface area contributed by atoms with Crippen LogP contribution in [0.5, 0.6) is 0 Å². The van der Waals surface area contributed by atoms with Crippen LogP contribution in [0.2, 0.25) is 0 Å². The Morgan fingerprint density at radius 2 is 1.94 bits per heavy atom. The summed E-state index contributed by atoms with van der Waals surface area (Å²) in [5, 5.41) is 0. The molecule has 0 spiro atoms. The standard InChI is InChI=1S/C25H28N5O2P/c1-4-12-30-15-18(14-20(30)21(31)5-2)25(23(32)29(3)24(26)28-25)17-9-6-8-16(13-17)19-10-7-11-27-22(19)33/h6-11,13-15H,4-5,12,33H2,1-3H3,(H2,26,28). The van der Waals surface area contributed by atoms with Crippen molar-refractivity contribution < 1.29 is 9.59 Å². The first kappa shape index (κ1) is 22.9. The third-order valence-corrected chi connectivity index (χ3v) is 6.52. The van der Waals surface area contributed by atoms with Gasteiger partial charge in [0.2, 0.25) is 0 Å². The highest BCUT2D eigenvalue weighted by atomic mass is 31.0. The molecule has 3 aromatic rings. The fourth-order valence-electron chi connectivity index (χ4n) is 4.31. The lowest BCUT2D eigenvalue weighted by Gasteiger charge is -2.25. The van der Waals surface area contributed by atoms with Crippen molar-refractivity contribution in [3.63, 3.8) is 0 Å². The topological polar surface area (TPSA) is 93.6 Å². The molecule has 4 rings (SSSR count). The summed E-state index contributed by atoms with van der Waals surface area (Å²) in [6.07, 6.45) is 4.85. The van der Waals surface area contributed by atoms with Gasteiger partial charge in [-0.05, 0) is 35.7 Å². The lowest BCUT2D eigenvalue weighted by Crippen LogP contribution is -2.41. The number of likely N-dealkylation sites (N-methyl/N-ethyl adjacent to an activating group) is 1. The minimum Gasteiger partial charge on any atom is -0.369 e. The number of aromatic nitrogens is 2. The molecule has 0 fully saturated rings. The average molecular weight is 462 g/mol. The van der Waals surface area contributed by atoms with E-state index in [2.05, 4.69) is 21.1 Å². The summed E-state index contributed by atoms with van der Waals surface area (Å²) in [7, 11) is 4.27. The van der Waals surface area contributed by atoms with Gasteiger partial charge in [0.15, 0.2) is 17.3 Å². The maximum absolute atomic E-state index is 13.7. The molecule has 170 valence electrons. The van der Waals surface area contributed by atoms with Gasteiger partial charge >= 0.3 is 0 Å². The number of Topliss-reactive ketones (excluding diaryl/α,β-unsaturated/α-hetero) is 1. The summed E-state index contributed by atoms with van der Waals surface area (Å²) in [6, 6.07) is 13.4. The van der Waals surface area contributed by atoms with E-state index in [0.29, 0.717) is 29.8 Å². The summed E-state index contributed by atoms with van der Waals surface area (Å²) < 4.78 is 1.92. The second-order valence-electron chi connectivity index (χ2n) is 8.15. The number of pyridine rings is 1. The fraction of sp³-hybridized carbons (Fsp3) is 0.280. The lowest BCUT2D eigenvalue weighted by atomic mass is 9.83. The third-order valence-electron chi connectivity index (χ3n) is 6.06. The maximum atomic E-state index is 13.7. The van der Waals surface area contributed by atoms with Gasteiger partial charge in [-0.15, -0.1) is 0 Å². The number of carbonyl (C=O) groups excluding carboxylic acids is 2. The van der Waals surface area contributed by atoms with Crippen LogP contribution in [0.25, 0.3) is 11.1 Å². The van der Waals surface area contributed by atoms with Crippen LogP contribution in [-0.4, -0.2) is 39.1 Å². The van der Waals surface area contributed by atoms with E-state index in [9.17, 15) is 9.59 Å². The van der Waals surface area contributed by atoms with Gasteiger partial charge in [0, 0.05) is 43.5 Å². The zero-order chi connectivity index (χ0) is 23.8. The Morgan fingerprint density at radius 1 is 1.15 bits per heavy atom. The van der Waals surface area contributed by atoms with Gasteiger partial charge in [0.1, 0.15) is 0 Å². The van der Waals surface area contributed by atoms with Crippen LogP contribution >= 0.6 is 9.24 Å². The quantitative estimate of drug-likeness (QED) is 0.432. The van der Waals surface area contributed by atoms with Crippen LogP contribution in [0.1, 0.15) is 48.3 Å². The van der Waals surface area contributed by atoms with Crippen molar-refractivity contribution in [1.29, 1.82) is 0 Å². The van der Waals surface area contributed by atoms with Crippen LogP contribution in [0.15, 0.2) is 59.9 Å². The molecule has 2 atom stereocenters. The second-order valence-corrected chi connectivity index (χ2v) is 8.69. The molecule has 1 amide bonds. The molecule has 1 aliphatic heterocycles. The van der Waals surface area contributed by atoms with Crippen LogP contribution < -0.4 is 11.2 Å². The minimum atomic E-state index is -1.36. The van der Waals surface area contributed by atoms with Crippen LogP contribution in [0.4, 0.5) is 0 Å². The number of aryl methyl sites for hydroxylation is 1. The number of nitrogens with zero attached hydrogens (tertiary/aromatic N) is 4. The number of aliphatic imine (C=N–C) groups is 1. The SMILES string of the molecule is CCCn1cc(C2(c3cccc(-c4cccnc4P)c3)N=C(N)N(C)C2=O)cc1C(=O)CC. The molecule has 3 heterocycles. The van der Waals surface area contributed by atoms with Gasteiger partial charge in [-0.1, -0.05) is 47.4 Å². The summed E-state index contributed by atoms with van der Waals surface area (Å²) in [4.78, 5) is 36.8. The summed E-state index contributed by atoms with van der Waals surface area (Å²) in [6.45, 7) is 4.56. The first-order valence-corrected chi connectivity index (χ1v) is 11.6. The number of nitrogens with two attached hydrogens (primary N) is 1. The molecular formula is C25H28N5O2P. The highest BCUT2D eigenvalue weighted by Crippen LogP contribution is 2.41. The molecule has 2 aromatic heterocycles. The number of hydrogen-bond acceptors (Lipinski definition) is 5. The highest BCUT2D eigenvalue weighted by Gasteiger charge is 2.50. The molecule has 7 nitrogen and oxygen atoms in total. The van der Waals surface area contributed by atoms with Crippen LogP contribution in [-0.2, 0) is 16.9 Å². The number of amides is 1. The first-order chi connectivity index (χ1) is 15.8. The predicted molar refractivity (Wildman–Crippen MR) is 134 cm³/mol. The molecular weight excluding hydrogens is 433 g/mol. The zero-order valence-electron chi connectivity index (χ0n) is 19.1. The van der Waals surface area contributed by atoms with E-state index in [1.807, 2.05) is 54.1 Å². The van der Waals surface area contributed by atoms with Gasteiger partial charge in [0.05, 0.1) is 11.1 Å². The Labute approximate surface area is 195 Å². The Bertz CT molecular complexity index is 1270. The van der Waals surface area contributed by atoms with Crippen molar-refractivity contribution in [2.45, 2.75) is 38.8 Å². The number of rotatable bonds is 7. The van der Waals surface area contributed by atoms with E-state index < -0.39 is 5.54 Å². The molecule has 1 aromatic carbocycles.